The van der Waals surface area contributed by atoms with Gasteiger partial charge in [0, 0.05) is 31.3 Å². The van der Waals surface area contributed by atoms with Crippen LogP contribution in [0.3, 0.4) is 0 Å². The Morgan fingerprint density at radius 2 is 2.00 bits per heavy atom. The Bertz CT molecular complexity index is 1140. The normalized spacial score (nSPS) is 18.6. The quantitative estimate of drug-likeness (QED) is 0.561. The topological polar surface area (TPSA) is 94.0 Å². The van der Waals surface area contributed by atoms with Crippen LogP contribution < -0.4 is 4.74 Å². The highest BCUT2D eigenvalue weighted by Gasteiger charge is 2.35. The smallest absolute Gasteiger partial charge is 0.417 e. The van der Waals surface area contributed by atoms with Crippen LogP contribution >= 0.6 is 0 Å². The Morgan fingerprint density at radius 1 is 1.18 bits per heavy atom. The highest BCUT2D eigenvalue weighted by molar-refractivity contribution is 5.95. The van der Waals surface area contributed by atoms with Crippen molar-refractivity contribution < 1.29 is 37.3 Å². The molecule has 1 saturated heterocycles. The van der Waals surface area contributed by atoms with Gasteiger partial charge in [0.1, 0.15) is 24.3 Å². The van der Waals surface area contributed by atoms with E-state index in [9.17, 15) is 23.1 Å². The Labute approximate surface area is 186 Å². The summed E-state index contributed by atoms with van der Waals surface area (Å²) in [6.45, 7) is 0.361. The monoisotopic (exact) mass is 463 g/mol. The Kier molecular flexibility index (Phi) is 6.45. The summed E-state index contributed by atoms with van der Waals surface area (Å²) in [5.74, 6) is 0.0325. The number of ether oxygens (including phenoxy) is 3. The van der Waals surface area contributed by atoms with Gasteiger partial charge in [0.2, 0.25) is 5.88 Å². The van der Waals surface area contributed by atoms with Crippen LogP contribution in [0.4, 0.5) is 13.2 Å². The number of fused-ring (bicyclic) bond motifs is 1. The fourth-order valence-electron chi connectivity index (χ4n) is 3.42. The van der Waals surface area contributed by atoms with Crippen molar-refractivity contribution in [3.8, 4) is 11.6 Å². The molecule has 3 aromatic rings. The molecule has 2 aromatic heterocycles. The third-order valence-corrected chi connectivity index (χ3v) is 5.09. The van der Waals surface area contributed by atoms with Crippen molar-refractivity contribution in [3.05, 3.63) is 59.9 Å². The molecule has 1 aliphatic rings. The molecule has 1 N–H and O–H groups in total. The molecule has 2 unspecified atom stereocenters. The van der Waals surface area contributed by atoms with Gasteiger partial charge < -0.3 is 24.2 Å². The van der Waals surface area contributed by atoms with E-state index >= 15 is 0 Å². The van der Waals surface area contributed by atoms with Crippen LogP contribution in [0.1, 0.15) is 16.1 Å². The van der Waals surface area contributed by atoms with Gasteiger partial charge in [0.15, 0.2) is 0 Å². The fourth-order valence-corrected chi connectivity index (χ4v) is 3.42. The van der Waals surface area contributed by atoms with E-state index in [1.54, 1.807) is 30.3 Å². The number of amides is 1. The number of β-amino-alcohol motifs (C(OH)–C–C–N with tert-alkyl or cyclic N) is 1. The molecule has 2 atom stereocenters. The van der Waals surface area contributed by atoms with Gasteiger partial charge in [-0.3, -0.25) is 4.79 Å². The third kappa shape index (κ3) is 5.21. The molecule has 1 aromatic carbocycles. The van der Waals surface area contributed by atoms with Crippen LogP contribution in [0.25, 0.3) is 10.9 Å². The molecule has 3 heterocycles. The molecule has 8 nitrogen and oxygen atoms in total. The number of carbonyl (C=O) groups is 1. The summed E-state index contributed by atoms with van der Waals surface area (Å²) < 4.78 is 53.7. The van der Waals surface area contributed by atoms with Gasteiger partial charge in [0.05, 0.1) is 23.7 Å². The van der Waals surface area contributed by atoms with Crippen molar-refractivity contribution in [1.29, 1.82) is 0 Å². The van der Waals surface area contributed by atoms with E-state index in [0.717, 1.165) is 12.1 Å². The maximum absolute atomic E-state index is 12.8. The summed E-state index contributed by atoms with van der Waals surface area (Å²) >= 11 is 0. The van der Waals surface area contributed by atoms with E-state index in [-0.39, 0.29) is 37.4 Å². The molecule has 0 aliphatic carbocycles. The number of alkyl halides is 3. The lowest BCUT2D eigenvalue weighted by molar-refractivity contribution is -0.137. The number of rotatable bonds is 6. The average molecular weight is 463 g/mol. The molecule has 11 heteroatoms. The number of nitrogens with zero attached hydrogens (tertiary/aromatic N) is 3. The predicted octanol–water partition coefficient (Wildman–Crippen LogP) is 3.25. The van der Waals surface area contributed by atoms with Gasteiger partial charge >= 0.3 is 6.18 Å². The van der Waals surface area contributed by atoms with Gasteiger partial charge in [-0.1, -0.05) is 6.07 Å². The third-order valence-electron chi connectivity index (χ3n) is 5.09. The first-order chi connectivity index (χ1) is 15.7. The number of hydrogen-bond donors (Lipinski definition) is 1. The van der Waals surface area contributed by atoms with Crippen LogP contribution in [0.2, 0.25) is 0 Å². The SMILES string of the molecule is COCOC1CN(C(=O)c2ccc3cc(Oc4ccc(C(F)(F)F)cn4)ccc3n2)CC1O. The summed E-state index contributed by atoms with van der Waals surface area (Å²) in [4.78, 5) is 22.3. The molecule has 0 spiro atoms. The zero-order chi connectivity index (χ0) is 23.6. The highest BCUT2D eigenvalue weighted by atomic mass is 19.4. The van der Waals surface area contributed by atoms with Crippen LogP contribution in [-0.2, 0) is 15.7 Å². The molecule has 1 fully saturated rings. The maximum atomic E-state index is 12.8. The first kappa shape index (κ1) is 22.9. The molecule has 33 heavy (non-hydrogen) atoms. The number of methoxy groups -OCH3 is 1. The van der Waals surface area contributed by atoms with E-state index in [1.165, 1.54) is 12.0 Å². The van der Waals surface area contributed by atoms with E-state index < -0.39 is 23.9 Å². The lowest BCUT2D eigenvalue weighted by Gasteiger charge is -2.16. The van der Waals surface area contributed by atoms with Crippen molar-refractivity contribution in [2.75, 3.05) is 27.0 Å². The second-order valence-corrected chi connectivity index (χ2v) is 7.43. The lowest BCUT2D eigenvalue weighted by atomic mass is 10.2. The van der Waals surface area contributed by atoms with Gasteiger partial charge in [-0.2, -0.15) is 13.2 Å². The summed E-state index contributed by atoms with van der Waals surface area (Å²) in [6.07, 6.45) is -5.12. The van der Waals surface area contributed by atoms with Crippen LogP contribution in [0.5, 0.6) is 11.6 Å². The van der Waals surface area contributed by atoms with E-state index in [2.05, 4.69) is 9.97 Å². The highest BCUT2D eigenvalue weighted by Crippen LogP contribution is 2.30. The Balaban J connectivity index is 1.46. The number of hydrogen-bond acceptors (Lipinski definition) is 7. The van der Waals surface area contributed by atoms with Crippen LogP contribution in [-0.4, -0.2) is 65.1 Å². The minimum absolute atomic E-state index is 0.0138. The molecule has 1 aliphatic heterocycles. The molecule has 1 amide bonds. The first-order valence-corrected chi connectivity index (χ1v) is 9.94. The van der Waals surface area contributed by atoms with Crippen molar-refractivity contribution in [2.24, 2.45) is 0 Å². The van der Waals surface area contributed by atoms with Gasteiger partial charge in [-0.25, -0.2) is 9.97 Å². The number of aromatic nitrogens is 2. The van der Waals surface area contributed by atoms with Crippen molar-refractivity contribution in [3.63, 3.8) is 0 Å². The Hall–Kier alpha value is -3.28. The number of pyridine rings is 2. The van der Waals surface area contributed by atoms with Gasteiger partial charge in [-0.15, -0.1) is 0 Å². The minimum Gasteiger partial charge on any atom is -0.439 e. The minimum atomic E-state index is -4.47. The summed E-state index contributed by atoms with van der Waals surface area (Å²) in [7, 11) is 1.47. The standard InChI is InChI=1S/C22H20F3N3O5/c1-31-12-32-19-11-28(10-18(19)29)21(30)17-5-2-13-8-15(4-6-16(13)27-17)33-20-7-3-14(9-26-20)22(23,24)25/h2-9,18-19,29H,10-12H2,1H3. The molecular formula is C22H20F3N3O5. The number of likely N-dealkylation sites (tertiary alicyclic amines) is 1. The lowest BCUT2D eigenvalue weighted by Crippen LogP contribution is -2.31. The maximum Gasteiger partial charge on any atom is 0.417 e. The second kappa shape index (κ2) is 9.30. The predicted molar refractivity (Wildman–Crippen MR) is 110 cm³/mol. The summed E-state index contributed by atoms with van der Waals surface area (Å²) in [5, 5.41) is 10.8. The molecule has 0 radical (unpaired) electrons. The van der Waals surface area contributed by atoms with Crippen molar-refractivity contribution in [2.45, 2.75) is 18.4 Å². The number of aliphatic hydroxyl groups is 1. The number of carbonyl (C=O) groups excluding carboxylic acids is 1. The zero-order valence-electron chi connectivity index (χ0n) is 17.5. The molecule has 0 saturated carbocycles. The van der Waals surface area contributed by atoms with Gasteiger partial charge in [-0.05, 0) is 30.3 Å². The van der Waals surface area contributed by atoms with Crippen LogP contribution in [0.15, 0.2) is 48.7 Å². The molecular weight excluding hydrogens is 443 g/mol. The van der Waals surface area contributed by atoms with Crippen LogP contribution in [0, 0.1) is 0 Å². The van der Waals surface area contributed by atoms with Crippen molar-refractivity contribution >= 4 is 16.8 Å². The van der Waals surface area contributed by atoms with Crippen molar-refractivity contribution in [1.82, 2.24) is 14.9 Å². The average Bonchev–Trinajstić information content (AvgIpc) is 3.17. The molecule has 0 bridgehead atoms. The second-order valence-electron chi connectivity index (χ2n) is 7.43. The Morgan fingerprint density at radius 3 is 2.70 bits per heavy atom. The summed E-state index contributed by atoms with van der Waals surface area (Å²) in [6, 6.07) is 10.1. The molecule has 174 valence electrons. The zero-order valence-corrected chi connectivity index (χ0v) is 17.5. The van der Waals surface area contributed by atoms with E-state index in [1.807, 2.05) is 0 Å². The summed E-state index contributed by atoms with van der Waals surface area (Å²) in [5.41, 5.74) is -0.127. The number of benzene rings is 1. The van der Waals surface area contributed by atoms with Gasteiger partial charge in [0.25, 0.3) is 5.91 Å². The van der Waals surface area contributed by atoms with E-state index in [0.29, 0.717) is 22.8 Å². The first-order valence-electron chi connectivity index (χ1n) is 9.94. The number of aliphatic hydroxyl groups excluding tert-OH is 1. The molecule has 4 rings (SSSR count). The van der Waals surface area contributed by atoms with E-state index in [4.69, 9.17) is 14.2 Å². The fraction of sp³-hybridized carbons (Fsp3) is 0.318. The number of halogens is 3. The largest absolute Gasteiger partial charge is 0.439 e.